The monoisotopic (exact) mass is 1700 g/mol. The van der Waals surface area contributed by atoms with Gasteiger partial charge in [0.2, 0.25) is 0 Å². The SMILES string of the molecule is CO.CO.O=S(=O)([O-])C(F)(F)F.[Ir+3].[Ir].[c-]1ccc2c(oc3c(-c4ccccc4)cccc32)c1-c1ccccn1.[c-]1ccccc1-c1ccccn1.[c-]1ccccc1-c1ccccn1.[c-]1ccccc1-c1ccccn1.c1ccc(-c2cccc3c2oc2c(-c4ccccn4)cccc23)cc1. The zero-order chi connectivity index (χ0) is 69.0. The van der Waals surface area contributed by atoms with Gasteiger partial charge in [-0.15, -0.1) is 126 Å². The van der Waals surface area contributed by atoms with Crippen LogP contribution in [0.5, 0.6) is 0 Å². The fourth-order valence-corrected chi connectivity index (χ4v) is 9.92. The summed E-state index contributed by atoms with van der Waals surface area (Å²) in [4.78, 5) is 21.6. The van der Waals surface area contributed by atoms with E-state index in [-0.39, 0.29) is 40.2 Å². The van der Waals surface area contributed by atoms with Gasteiger partial charge in [-0.2, -0.15) is 13.2 Å². The summed E-state index contributed by atoms with van der Waals surface area (Å²) in [7, 11) is -4.09. The topological polar surface area (TPSA) is 188 Å². The summed E-state index contributed by atoms with van der Waals surface area (Å²) in [6.07, 6.45) is 8.97. The van der Waals surface area contributed by atoms with Crippen molar-refractivity contribution in [3.8, 4) is 78.5 Å². The van der Waals surface area contributed by atoms with Crippen molar-refractivity contribution >= 4 is 54.0 Å². The number of furan rings is 2. The van der Waals surface area contributed by atoms with E-state index >= 15 is 0 Å². The maximum atomic E-state index is 10.7. The minimum Gasteiger partial charge on any atom is -0.741 e. The predicted octanol–water partition coefficient (Wildman–Crippen LogP) is 19.3. The van der Waals surface area contributed by atoms with Gasteiger partial charge in [0.25, 0.3) is 0 Å². The van der Waals surface area contributed by atoms with Crippen LogP contribution in [0.15, 0.2) is 331 Å². The average molecular weight is 1700 g/mol. The van der Waals surface area contributed by atoms with Gasteiger partial charge in [-0.25, -0.2) is 8.42 Å². The van der Waals surface area contributed by atoms with Gasteiger partial charge >= 0.3 is 25.6 Å². The number of rotatable bonds is 7. The minimum atomic E-state index is -6.09. The van der Waals surface area contributed by atoms with Gasteiger partial charge in [0.05, 0.1) is 11.3 Å². The molecule has 12 nitrogen and oxygen atoms in total. The molecule has 0 aliphatic rings. The zero-order valence-electron chi connectivity index (χ0n) is 53.5. The van der Waals surface area contributed by atoms with Crippen LogP contribution in [-0.2, 0) is 50.3 Å². The number of alkyl halides is 3. The van der Waals surface area contributed by atoms with E-state index in [1.165, 1.54) is 0 Å². The van der Waals surface area contributed by atoms with Crippen LogP contribution in [0.3, 0.4) is 0 Å². The Morgan fingerprint density at radius 1 is 0.340 bits per heavy atom. The largest absolute Gasteiger partial charge is 3.00 e. The number of fused-ring (bicyclic) bond motifs is 6. The van der Waals surface area contributed by atoms with Crippen molar-refractivity contribution < 1.29 is 85.4 Å². The van der Waals surface area contributed by atoms with Crippen molar-refractivity contribution in [1.82, 2.24) is 24.9 Å². The van der Waals surface area contributed by atoms with E-state index in [1.807, 2.05) is 200 Å². The van der Waals surface area contributed by atoms with E-state index in [4.69, 9.17) is 32.0 Å². The van der Waals surface area contributed by atoms with Crippen LogP contribution in [0.1, 0.15) is 0 Å². The molecule has 7 aromatic heterocycles. The number of nitrogens with zero attached hydrogens (tertiary/aromatic N) is 5. The first-order chi connectivity index (χ1) is 48.0. The van der Waals surface area contributed by atoms with Crippen molar-refractivity contribution in [2.75, 3.05) is 14.2 Å². The maximum absolute atomic E-state index is 10.7. The van der Waals surface area contributed by atoms with E-state index in [0.29, 0.717) is 0 Å². The molecule has 18 heteroatoms. The van der Waals surface area contributed by atoms with E-state index in [1.54, 1.807) is 24.8 Å². The Morgan fingerprint density at radius 2 is 0.640 bits per heavy atom. The third-order valence-corrected chi connectivity index (χ3v) is 14.8. The molecule has 2 N–H and O–H groups in total. The molecular formula is C82H61F3Ir2N5O7S-2. The van der Waals surface area contributed by atoms with Gasteiger partial charge in [0.1, 0.15) is 16.7 Å². The van der Waals surface area contributed by atoms with Gasteiger partial charge in [0, 0.05) is 98.2 Å². The number of aromatic nitrogens is 5. The fraction of sp³-hybridized carbons (Fsp3) is 0.0366. The van der Waals surface area contributed by atoms with Crippen LogP contribution in [0.2, 0.25) is 0 Å². The quantitative estimate of drug-likeness (QED) is 0.0874. The smallest absolute Gasteiger partial charge is 0.741 e. The minimum absolute atomic E-state index is 0. The molecule has 16 aromatic rings. The molecule has 0 atom stereocenters. The second-order valence-corrected chi connectivity index (χ2v) is 21.8. The van der Waals surface area contributed by atoms with Crippen LogP contribution >= 0.6 is 0 Å². The van der Waals surface area contributed by atoms with Crippen LogP contribution in [0.4, 0.5) is 13.2 Å². The fourth-order valence-electron chi connectivity index (χ4n) is 9.92. The molecule has 0 saturated carbocycles. The summed E-state index contributed by atoms with van der Waals surface area (Å²) < 4.78 is 71.6. The number of hydrogen-bond acceptors (Lipinski definition) is 12. The second kappa shape index (κ2) is 39.0. The predicted molar refractivity (Wildman–Crippen MR) is 381 cm³/mol. The van der Waals surface area contributed by atoms with Gasteiger partial charge in [0.15, 0.2) is 10.1 Å². The Bertz CT molecular complexity index is 4460. The molecule has 9 aromatic carbocycles. The van der Waals surface area contributed by atoms with E-state index in [2.05, 4.69) is 146 Å². The molecular weight excluding hydrogens is 1640 g/mol. The van der Waals surface area contributed by atoms with Crippen LogP contribution in [-0.4, -0.2) is 67.8 Å². The Kier molecular flexibility index (Phi) is 29.9. The van der Waals surface area contributed by atoms with E-state index in [0.717, 1.165) is 137 Å². The molecule has 16 rings (SSSR count). The molecule has 0 fully saturated rings. The summed E-state index contributed by atoms with van der Waals surface area (Å²) in [5.41, 5.74) is 12.2. The van der Waals surface area contributed by atoms with Gasteiger partial charge < -0.3 is 43.5 Å². The van der Waals surface area contributed by atoms with Crippen LogP contribution in [0, 0.1) is 24.3 Å². The standard InChI is InChI=1S/C23H15NO.C23H14NO.3C11H8N.CHF3O3S.2CH4O.2Ir/c2*1-2-8-16(9-3-1)17-10-6-11-18-19-12-7-13-20(23(19)25-22(17)18)21-14-4-5-15-24-21;3*1-2-6-10(7-3-1)11-8-4-5-9-12-11;2-1(3,4)8(5,6)7;2*1-2;;/h1-15H;1-12,14-15H;3*1-6,8-9H;(H,5,6,7);2*2H,1H3;;/q;4*-1;;;;;+3/p-1. The molecule has 0 amide bonds. The summed E-state index contributed by atoms with van der Waals surface area (Å²) in [6, 6.07) is 109. The zero-order valence-corrected chi connectivity index (χ0v) is 59.1. The molecule has 100 heavy (non-hydrogen) atoms. The summed E-state index contributed by atoms with van der Waals surface area (Å²) in [5, 5.41) is 18.5. The van der Waals surface area contributed by atoms with Crippen molar-refractivity contribution in [1.29, 1.82) is 0 Å². The van der Waals surface area contributed by atoms with Crippen molar-refractivity contribution in [2.24, 2.45) is 0 Å². The van der Waals surface area contributed by atoms with Gasteiger partial charge in [-0.3, -0.25) is 4.98 Å². The van der Waals surface area contributed by atoms with Crippen molar-refractivity contribution in [3.63, 3.8) is 0 Å². The maximum Gasteiger partial charge on any atom is 3.00 e. The normalized spacial score (nSPS) is 10.3. The number of para-hydroxylation sites is 3. The molecule has 0 saturated heterocycles. The van der Waals surface area contributed by atoms with Crippen molar-refractivity contribution in [2.45, 2.75) is 5.51 Å². The van der Waals surface area contributed by atoms with E-state index < -0.39 is 15.6 Å². The molecule has 7 heterocycles. The molecule has 0 unspecified atom stereocenters. The Hall–Kier alpha value is -10.8. The third-order valence-electron chi connectivity index (χ3n) is 14.2. The first-order valence-electron chi connectivity index (χ1n) is 30.3. The van der Waals surface area contributed by atoms with E-state index in [9.17, 15) is 13.2 Å². The number of benzene rings is 9. The van der Waals surface area contributed by atoms with Crippen molar-refractivity contribution in [3.05, 3.63) is 346 Å². The summed E-state index contributed by atoms with van der Waals surface area (Å²) in [6.45, 7) is 0. The van der Waals surface area contributed by atoms with Crippen LogP contribution in [0.25, 0.3) is 122 Å². The summed E-state index contributed by atoms with van der Waals surface area (Å²) in [5.74, 6) is 0. The Balaban J connectivity index is 0.000000174. The summed E-state index contributed by atoms with van der Waals surface area (Å²) >= 11 is 0. The van der Waals surface area contributed by atoms with Gasteiger partial charge in [-0.05, 0) is 76.4 Å². The molecule has 1 radical (unpaired) electrons. The first kappa shape index (κ1) is 76.6. The Labute approximate surface area is 604 Å². The number of pyridine rings is 5. The molecule has 0 bridgehead atoms. The number of aliphatic hydroxyl groups is 2. The molecule has 503 valence electrons. The number of hydrogen-bond donors (Lipinski definition) is 2. The number of aliphatic hydroxyl groups excluding tert-OH is 2. The number of halogens is 3. The molecule has 0 aliphatic carbocycles. The first-order valence-corrected chi connectivity index (χ1v) is 31.7. The Morgan fingerprint density at radius 3 is 0.970 bits per heavy atom. The van der Waals surface area contributed by atoms with Crippen LogP contribution < -0.4 is 0 Å². The second-order valence-electron chi connectivity index (χ2n) is 20.4. The average Bonchev–Trinajstić information content (AvgIpc) is 1.61. The van der Waals surface area contributed by atoms with Gasteiger partial charge in [-0.1, -0.05) is 175 Å². The molecule has 0 spiro atoms. The molecule has 0 aliphatic heterocycles. The third kappa shape index (κ3) is 20.4.